The number of hydrogen-bond donors (Lipinski definition) is 3. The first kappa shape index (κ1) is 45.1. The summed E-state index contributed by atoms with van der Waals surface area (Å²) < 4.78 is 33.9. The van der Waals surface area contributed by atoms with Crippen molar-refractivity contribution in [3.63, 3.8) is 0 Å². The van der Waals surface area contributed by atoms with Gasteiger partial charge in [-0.2, -0.15) is 0 Å². The molecule has 0 aliphatic heterocycles. The summed E-state index contributed by atoms with van der Waals surface area (Å²) in [6.45, 7) is 19.7. The fourth-order valence-corrected chi connectivity index (χ4v) is 5.32. The van der Waals surface area contributed by atoms with Gasteiger partial charge >= 0.3 is 11.9 Å². The smallest absolute Gasteiger partial charge is 0.333 e. The zero-order valence-corrected chi connectivity index (χ0v) is 33.1. The molecular formula is C44H54O12. The van der Waals surface area contributed by atoms with Gasteiger partial charge in [-0.3, -0.25) is 4.79 Å². The molecule has 3 N–H and O–H groups in total. The van der Waals surface area contributed by atoms with E-state index >= 15 is 0 Å². The summed E-state index contributed by atoms with van der Waals surface area (Å²) in [6, 6.07) is 15.2. The highest BCUT2D eigenvalue weighted by Gasteiger charge is 2.20. The molecule has 12 heteroatoms. The molecule has 3 aromatic rings. The molecule has 0 aliphatic rings. The van der Waals surface area contributed by atoms with Crippen LogP contribution >= 0.6 is 0 Å². The lowest BCUT2D eigenvalue weighted by molar-refractivity contribution is -0.143. The van der Waals surface area contributed by atoms with E-state index in [2.05, 4.69) is 19.7 Å². The maximum absolute atomic E-state index is 12.0. The lowest BCUT2D eigenvalue weighted by atomic mass is 9.93. The Kier molecular flexibility index (Phi) is 17.5. The highest BCUT2D eigenvalue weighted by Crippen LogP contribution is 2.35. The highest BCUT2D eigenvalue weighted by molar-refractivity contribution is 5.95. The maximum atomic E-state index is 12.0. The third-order valence-corrected chi connectivity index (χ3v) is 8.21. The monoisotopic (exact) mass is 774 g/mol. The Morgan fingerprint density at radius 3 is 1.45 bits per heavy atom. The van der Waals surface area contributed by atoms with E-state index in [1.165, 1.54) is 13.8 Å². The molecule has 0 saturated carbocycles. The molecule has 0 radical (unpaired) electrons. The van der Waals surface area contributed by atoms with Gasteiger partial charge in [0, 0.05) is 24.0 Å². The molecule has 0 aliphatic carbocycles. The normalized spacial score (nSPS) is 12.5. The number of aliphatic hydroxyl groups excluding tert-OH is 3. The second-order valence-corrected chi connectivity index (χ2v) is 14.0. The van der Waals surface area contributed by atoms with E-state index in [-0.39, 0.29) is 56.6 Å². The average Bonchev–Trinajstić information content (AvgIpc) is 3.13. The maximum Gasteiger partial charge on any atom is 0.333 e. The molecule has 0 spiro atoms. The minimum absolute atomic E-state index is 0.142. The van der Waals surface area contributed by atoms with E-state index in [1.807, 2.05) is 57.2 Å². The Bertz CT molecular complexity index is 1780. The van der Waals surface area contributed by atoms with Gasteiger partial charge in [-0.1, -0.05) is 72.8 Å². The molecule has 12 nitrogen and oxygen atoms in total. The number of esters is 2. The van der Waals surface area contributed by atoms with Crippen LogP contribution in [0.5, 0.6) is 17.2 Å². The molecule has 3 aromatic carbocycles. The van der Waals surface area contributed by atoms with Crippen LogP contribution in [0, 0.1) is 20.8 Å². The first-order chi connectivity index (χ1) is 26.4. The number of ether oxygens (including phenoxy) is 6. The SMILES string of the molecule is C=C(C)C(=O)COC(O)COc1ccc(C)cc1Cc1cc(C)cc(Cc2cc(C)ccc2OCC(O)COC(=O)C(=C)C)c1OCC(O)COC(=O)C(=C)C. The number of rotatable bonds is 23. The number of carbonyl (C=O) groups excluding carboxylic acids is 3. The zero-order valence-electron chi connectivity index (χ0n) is 33.1. The van der Waals surface area contributed by atoms with Gasteiger partial charge in [0.25, 0.3) is 0 Å². The Labute approximate surface area is 329 Å². The zero-order chi connectivity index (χ0) is 41.5. The predicted molar refractivity (Wildman–Crippen MR) is 211 cm³/mol. The third kappa shape index (κ3) is 14.8. The van der Waals surface area contributed by atoms with Crippen molar-refractivity contribution in [1.82, 2.24) is 0 Å². The van der Waals surface area contributed by atoms with Crippen LogP contribution in [-0.4, -0.2) is 91.2 Å². The quantitative estimate of drug-likeness (QED) is 0.0642. The van der Waals surface area contributed by atoms with Crippen LogP contribution in [0.15, 0.2) is 85.0 Å². The molecule has 0 saturated heterocycles. The van der Waals surface area contributed by atoms with Gasteiger partial charge in [-0.25, -0.2) is 9.59 Å². The summed E-state index contributed by atoms with van der Waals surface area (Å²) in [5, 5.41) is 31.7. The van der Waals surface area contributed by atoms with Crippen molar-refractivity contribution in [1.29, 1.82) is 0 Å². The van der Waals surface area contributed by atoms with E-state index in [9.17, 15) is 29.7 Å². The molecule has 0 aromatic heterocycles. The van der Waals surface area contributed by atoms with Crippen LogP contribution in [0.3, 0.4) is 0 Å². The Morgan fingerprint density at radius 2 is 1.00 bits per heavy atom. The summed E-state index contributed by atoms with van der Waals surface area (Å²) >= 11 is 0. The highest BCUT2D eigenvalue weighted by atomic mass is 16.6. The molecule has 0 bridgehead atoms. The first-order valence-electron chi connectivity index (χ1n) is 18.1. The molecule has 3 atom stereocenters. The van der Waals surface area contributed by atoms with Crippen LogP contribution in [0.1, 0.15) is 59.7 Å². The number of benzene rings is 3. The van der Waals surface area contributed by atoms with Crippen LogP contribution in [-0.2, 0) is 41.4 Å². The summed E-state index contributed by atoms with van der Waals surface area (Å²) in [5.74, 6) is -0.102. The van der Waals surface area contributed by atoms with E-state index in [0.29, 0.717) is 35.7 Å². The van der Waals surface area contributed by atoms with Crippen molar-refractivity contribution in [2.45, 2.75) is 72.9 Å². The Morgan fingerprint density at radius 1 is 0.571 bits per heavy atom. The van der Waals surface area contributed by atoms with E-state index in [0.717, 1.165) is 38.9 Å². The molecule has 3 rings (SSSR count). The molecule has 0 amide bonds. The van der Waals surface area contributed by atoms with Crippen molar-refractivity contribution in [2.75, 3.05) is 39.6 Å². The van der Waals surface area contributed by atoms with Gasteiger partial charge in [0.1, 0.15) is 69.1 Å². The van der Waals surface area contributed by atoms with Gasteiger partial charge < -0.3 is 43.7 Å². The number of carbonyl (C=O) groups is 3. The summed E-state index contributed by atoms with van der Waals surface area (Å²) in [4.78, 5) is 35.7. The second kappa shape index (κ2) is 21.7. The predicted octanol–water partition coefficient (Wildman–Crippen LogP) is 5.37. The van der Waals surface area contributed by atoms with Crippen molar-refractivity contribution in [3.8, 4) is 17.2 Å². The van der Waals surface area contributed by atoms with Crippen LogP contribution in [0.2, 0.25) is 0 Å². The average molecular weight is 775 g/mol. The van der Waals surface area contributed by atoms with E-state index < -0.39 is 30.4 Å². The fourth-order valence-electron chi connectivity index (χ4n) is 5.32. The van der Waals surface area contributed by atoms with Crippen LogP contribution in [0.4, 0.5) is 0 Å². The summed E-state index contributed by atoms with van der Waals surface area (Å²) in [5.41, 5.74) is 6.66. The van der Waals surface area contributed by atoms with Crippen molar-refractivity contribution in [2.24, 2.45) is 0 Å². The Balaban J connectivity index is 1.96. The van der Waals surface area contributed by atoms with Gasteiger partial charge in [-0.05, 0) is 81.5 Å². The third-order valence-electron chi connectivity index (χ3n) is 8.21. The van der Waals surface area contributed by atoms with Gasteiger partial charge in [0.05, 0.1) is 0 Å². The number of ketones is 1. The van der Waals surface area contributed by atoms with Gasteiger partial charge in [-0.15, -0.1) is 0 Å². The standard InChI is InChI=1S/C44H54O12/c1-26(2)38(47)24-53-41(48)25-52-40-13-11-30(8)15-33(40)19-35-17-31(9)16-34(42(35)54-21-37(46)23-56-44(50)28(5)6)18-32-14-29(7)10-12-39(32)51-20-36(45)22-55-43(49)27(3)4/h10-17,36-37,41,45-46,48H,1,3,5,18-25H2,2,4,6-9H3. The number of hydrogen-bond acceptors (Lipinski definition) is 12. The van der Waals surface area contributed by atoms with Gasteiger partial charge in [0.2, 0.25) is 0 Å². The minimum Gasteiger partial charge on any atom is -0.490 e. The van der Waals surface area contributed by atoms with Crippen LogP contribution < -0.4 is 14.2 Å². The van der Waals surface area contributed by atoms with Gasteiger partial charge in [0.15, 0.2) is 12.1 Å². The lowest BCUT2D eigenvalue weighted by Gasteiger charge is -2.22. The van der Waals surface area contributed by atoms with E-state index in [4.69, 9.17) is 28.4 Å². The lowest BCUT2D eigenvalue weighted by Crippen LogP contribution is -2.26. The molecule has 56 heavy (non-hydrogen) atoms. The topological polar surface area (TPSA) is 167 Å². The molecule has 0 fully saturated rings. The van der Waals surface area contributed by atoms with Crippen molar-refractivity contribution in [3.05, 3.63) is 124 Å². The number of Topliss-reactive ketones (excluding diaryl/α,β-unsaturated/α-hetero) is 1. The van der Waals surface area contributed by atoms with Crippen molar-refractivity contribution < 1.29 is 58.1 Å². The van der Waals surface area contributed by atoms with Crippen molar-refractivity contribution >= 4 is 17.7 Å². The Hall–Kier alpha value is -5.27. The molecule has 302 valence electrons. The van der Waals surface area contributed by atoms with Crippen LogP contribution in [0.25, 0.3) is 0 Å². The molecule has 3 unspecified atom stereocenters. The summed E-state index contributed by atoms with van der Waals surface area (Å²) in [7, 11) is 0. The number of aliphatic hydroxyl groups is 3. The van der Waals surface area contributed by atoms with E-state index in [1.54, 1.807) is 19.1 Å². The molecular weight excluding hydrogens is 720 g/mol. The summed E-state index contributed by atoms with van der Waals surface area (Å²) in [6.07, 6.45) is -2.97. The fraction of sp³-hybridized carbons (Fsp3) is 0.386. The minimum atomic E-state index is -1.37. The second-order valence-electron chi connectivity index (χ2n) is 14.0. The first-order valence-corrected chi connectivity index (χ1v) is 18.1. The largest absolute Gasteiger partial charge is 0.490 e. The molecule has 0 heterocycles. The number of aryl methyl sites for hydroxylation is 3.